The van der Waals surface area contributed by atoms with E-state index in [0.29, 0.717) is 11.3 Å². The van der Waals surface area contributed by atoms with Crippen LogP contribution in [-0.2, 0) is 0 Å². The molecule has 3 aromatic rings. The van der Waals surface area contributed by atoms with Crippen molar-refractivity contribution >= 4 is 16.9 Å². The van der Waals surface area contributed by atoms with Crippen molar-refractivity contribution in [1.29, 1.82) is 0 Å². The monoisotopic (exact) mass is 264 g/mol. The fraction of sp³-hybridized carbons (Fsp3) is 0.0667. The Morgan fingerprint density at radius 1 is 1.00 bits per heavy atom. The molecule has 2 aromatic heterocycles. The molecule has 1 amide bonds. The van der Waals surface area contributed by atoms with Crippen molar-refractivity contribution in [2.45, 2.75) is 6.92 Å². The van der Waals surface area contributed by atoms with Gasteiger partial charge in [0.1, 0.15) is 0 Å². The molecule has 20 heavy (non-hydrogen) atoms. The molecule has 0 bridgehead atoms. The van der Waals surface area contributed by atoms with E-state index >= 15 is 0 Å². The molecule has 5 nitrogen and oxygen atoms in total. The lowest BCUT2D eigenvalue weighted by atomic mass is 10.0. The van der Waals surface area contributed by atoms with Gasteiger partial charge in [-0.25, -0.2) is 0 Å². The van der Waals surface area contributed by atoms with Crippen LogP contribution in [0, 0.1) is 6.92 Å². The molecule has 2 N–H and O–H groups in total. The van der Waals surface area contributed by atoms with E-state index in [2.05, 4.69) is 15.0 Å². The molecule has 1 aromatic carbocycles. The molecular formula is C15H12N4O. The first kappa shape index (κ1) is 12.2. The smallest absolute Gasteiger partial charge is 0.250 e. The van der Waals surface area contributed by atoms with Gasteiger partial charge in [-0.3, -0.25) is 19.7 Å². The van der Waals surface area contributed by atoms with Gasteiger partial charge in [-0.2, -0.15) is 0 Å². The van der Waals surface area contributed by atoms with E-state index in [1.54, 1.807) is 31.6 Å². The van der Waals surface area contributed by atoms with Crippen LogP contribution < -0.4 is 5.73 Å². The van der Waals surface area contributed by atoms with E-state index in [9.17, 15) is 4.79 Å². The van der Waals surface area contributed by atoms with Gasteiger partial charge in [0.15, 0.2) is 0 Å². The Morgan fingerprint density at radius 3 is 2.50 bits per heavy atom. The lowest BCUT2D eigenvalue weighted by molar-refractivity contribution is 0.0999. The van der Waals surface area contributed by atoms with Gasteiger partial charge >= 0.3 is 0 Å². The van der Waals surface area contributed by atoms with E-state index in [1.165, 1.54) is 0 Å². The summed E-state index contributed by atoms with van der Waals surface area (Å²) < 4.78 is 0. The highest BCUT2D eigenvalue weighted by Gasteiger charge is 2.09. The summed E-state index contributed by atoms with van der Waals surface area (Å²) in [5, 5.41) is 0. The van der Waals surface area contributed by atoms with E-state index in [1.807, 2.05) is 18.2 Å². The van der Waals surface area contributed by atoms with Gasteiger partial charge in [0.25, 0.3) is 5.91 Å². The SMILES string of the molecule is Cc1ncc(-c2ccc3nccnc3c2)cc1C(N)=O. The number of carbonyl (C=O) groups is 1. The third-order valence-corrected chi connectivity index (χ3v) is 3.16. The molecule has 0 fully saturated rings. The maximum absolute atomic E-state index is 11.4. The van der Waals surface area contributed by atoms with Crippen molar-refractivity contribution in [2.75, 3.05) is 0 Å². The van der Waals surface area contributed by atoms with Crippen LogP contribution in [0.3, 0.4) is 0 Å². The molecule has 5 heteroatoms. The second kappa shape index (κ2) is 4.70. The maximum Gasteiger partial charge on any atom is 0.250 e. The fourth-order valence-electron chi connectivity index (χ4n) is 2.08. The Morgan fingerprint density at radius 2 is 1.75 bits per heavy atom. The summed E-state index contributed by atoms with van der Waals surface area (Å²) in [7, 11) is 0. The first-order valence-corrected chi connectivity index (χ1v) is 6.13. The van der Waals surface area contributed by atoms with Crippen molar-refractivity contribution in [2.24, 2.45) is 5.73 Å². The van der Waals surface area contributed by atoms with Crippen LogP contribution in [0.25, 0.3) is 22.2 Å². The average molecular weight is 264 g/mol. The summed E-state index contributed by atoms with van der Waals surface area (Å²) in [4.78, 5) is 24.1. The van der Waals surface area contributed by atoms with Crippen molar-refractivity contribution in [3.63, 3.8) is 0 Å². The number of pyridine rings is 1. The predicted octanol–water partition coefficient (Wildman–Crippen LogP) is 2.10. The number of amides is 1. The Balaban J connectivity index is 2.15. The van der Waals surface area contributed by atoms with Gasteiger partial charge in [-0.05, 0) is 30.7 Å². The van der Waals surface area contributed by atoms with Crippen LogP contribution in [0.5, 0.6) is 0 Å². The molecule has 0 saturated carbocycles. The molecular weight excluding hydrogens is 252 g/mol. The summed E-state index contributed by atoms with van der Waals surface area (Å²) in [6.07, 6.45) is 5.02. The zero-order chi connectivity index (χ0) is 14.1. The van der Waals surface area contributed by atoms with Crippen molar-refractivity contribution in [3.05, 3.63) is 54.1 Å². The molecule has 0 aliphatic rings. The predicted molar refractivity (Wildman–Crippen MR) is 76.0 cm³/mol. The minimum Gasteiger partial charge on any atom is -0.366 e. The highest BCUT2D eigenvalue weighted by Crippen LogP contribution is 2.23. The molecule has 3 rings (SSSR count). The third-order valence-electron chi connectivity index (χ3n) is 3.16. The molecule has 0 aliphatic heterocycles. The zero-order valence-electron chi connectivity index (χ0n) is 10.9. The summed E-state index contributed by atoms with van der Waals surface area (Å²) in [6, 6.07) is 7.48. The highest BCUT2D eigenvalue weighted by atomic mass is 16.1. The lowest BCUT2D eigenvalue weighted by Gasteiger charge is -2.06. The molecule has 2 heterocycles. The number of aryl methyl sites for hydroxylation is 1. The largest absolute Gasteiger partial charge is 0.366 e. The first-order valence-electron chi connectivity index (χ1n) is 6.13. The van der Waals surface area contributed by atoms with Gasteiger partial charge in [0.05, 0.1) is 22.3 Å². The average Bonchev–Trinajstić information content (AvgIpc) is 2.47. The number of carbonyl (C=O) groups excluding carboxylic acids is 1. The second-order valence-corrected chi connectivity index (χ2v) is 4.48. The molecule has 0 unspecified atom stereocenters. The number of rotatable bonds is 2. The minimum absolute atomic E-state index is 0.432. The van der Waals surface area contributed by atoms with Crippen LogP contribution in [0.15, 0.2) is 42.9 Å². The molecule has 0 atom stereocenters. The number of hydrogen-bond donors (Lipinski definition) is 1. The molecule has 0 saturated heterocycles. The van der Waals surface area contributed by atoms with Crippen molar-refractivity contribution in [3.8, 4) is 11.1 Å². The third kappa shape index (κ3) is 2.09. The standard InChI is InChI=1S/C15H12N4O/c1-9-12(15(16)20)6-11(8-19-9)10-2-3-13-14(7-10)18-5-4-17-13/h2-8H,1H3,(H2,16,20). The Bertz CT molecular complexity index is 814. The van der Waals surface area contributed by atoms with Crippen LogP contribution in [0.1, 0.15) is 16.1 Å². The number of benzene rings is 1. The van der Waals surface area contributed by atoms with Crippen LogP contribution in [0.4, 0.5) is 0 Å². The number of nitrogens with zero attached hydrogens (tertiary/aromatic N) is 3. The van der Waals surface area contributed by atoms with E-state index in [4.69, 9.17) is 5.73 Å². The maximum atomic E-state index is 11.4. The normalized spacial score (nSPS) is 10.7. The summed E-state index contributed by atoms with van der Waals surface area (Å²) in [5.41, 5.74) is 9.79. The van der Waals surface area contributed by atoms with Gasteiger partial charge < -0.3 is 5.73 Å². The minimum atomic E-state index is -0.475. The van der Waals surface area contributed by atoms with Crippen molar-refractivity contribution < 1.29 is 4.79 Å². The van der Waals surface area contributed by atoms with Crippen LogP contribution >= 0.6 is 0 Å². The number of primary amides is 1. The summed E-state index contributed by atoms with van der Waals surface area (Å²) in [6.45, 7) is 1.76. The Labute approximate surface area is 115 Å². The Hall–Kier alpha value is -2.82. The van der Waals surface area contributed by atoms with Crippen LogP contribution in [0.2, 0.25) is 0 Å². The fourth-order valence-corrected chi connectivity index (χ4v) is 2.08. The number of nitrogens with two attached hydrogens (primary N) is 1. The van der Waals surface area contributed by atoms with E-state index in [-0.39, 0.29) is 0 Å². The number of aromatic nitrogens is 3. The van der Waals surface area contributed by atoms with Crippen LogP contribution in [-0.4, -0.2) is 20.9 Å². The first-order chi connectivity index (χ1) is 9.65. The Kier molecular flexibility index (Phi) is 2.87. The number of hydrogen-bond acceptors (Lipinski definition) is 4. The van der Waals surface area contributed by atoms with Gasteiger partial charge in [-0.15, -0.1) is 0 Å². The second-order valence-electron chi connectivity index (χ2n) is 4.48. The molecule has 0 aliphatic carbocycles. The van der Waals surface area contributed by atoms with E-state index < -0.39 is 5.91 Å². The van der Waals surface area contributed by atoms with Gasteiger partial charge in [0, 0.05) is 24.2 Å². The molecule has 0 radical (unpaired) electrons. The quantitative estimate of drug-likeness (QED) is 0.768. The highest BCUT2D eigenvalue weighted by molar-refractivity contribution is 5.95. The van der Waals surface area contributed by atoms with Gasteiger partial charge in [0.2, 0.25) is 0 Å². The van der Waals surface area contributed by atoms with E-state index in [0.717, 1.165) is 22.2 Å². The van der Waals surface area contributed by atoms with Gasteiger partial charge in [-0.1, -0.05) is 6.07 Å². The van der Waals surface area contributed by atoms with Crippen molar-refractivity contribution in [1.82, 2.24) is 15.0 Å². The molecule has 0 spiro atoms. The zero-order valence-corrected chi connectivity index (χ0v) is 10.9. The summed E-state index contributed by atoms with van der Waals surface area (Å²) >= 11 is 0. The number of fused-ring (bicyclic) bond motifs is 1. The molecule has 98 valence electrons. The lowest BCUT2D eigenvalue weighted by Crippen LogP contribution is -2.13. The summed E-state index contributed by atoms with van der Waals surface area (Å²) in [5.74, 6) is -0.475. The topological polar surface area (TPSA) is 81.8 Å².